The molecule has 2 amide bonds. The minimum Gasteiger partial charge on any atom is -0.351 e. The van der Waals surface area contributed by atoms with Gasteiger partial charge in [-0.2, -0.15) is 0 Å². The van der Waals surface area contributed by atoms with E-state index in [9.17, 15) is 9.59 Å². The molecule has 1 fully saturated rings. The molecule has 1 aliphatic heterocycles. The third-order valence-corrected chi connectivity index (χ3v) is 5.72. The van der Waals surface area contributed by atoms with Crippen LogP contribution in [0.5, 0.6) is 0 Å². The molecule has 0 aliphatic carbocycles. The van der Waals surface area contributed by atoms with Crippen LogP contribution in [0.1, 0.15) is 40.7 Å². The number of fused-ring (bicyclic) bond motifs is 1. The van der Waals surface area contributed by atoms with Crippen molar-refractivity contribution in [3.05, 3.63) is 52.6 Å². The first kappa shape index (κ1) is 17.7. The standard InChI is InChI=1S/C19H21N5O2S/c25-17(8-9-20-19(26)15-6-4-12-27-15)23-10-3-5-14(13-23)18-22-21-16-7-1-2-11-24(16)18/h1-2,4,6-7,11-12,14H,3,5,8-10,13H2,(H,20,26). The van der Waals surface area contributed by atoms with Crippen LogP contribution in [0.25, 0.3) is 5.65 Å². The first-order valence-electron chi connectivity index (χ1n) is 9.11. The van der Waals surface area contributed by atoms with E-state index in [0.717, 1.165) is 30.9 Å². The smallest absolute Gasteiger partial charge is 0.261 e. The van der Waals surface area contributed by atoms with Crippen LogP contribution in [0.3, 0.4) is 0 Å². The highest BCUT2D eigenvalue weighted by molar-refractivity contribution is 7.12. The lowest BCUT2D eigenvalue weighted by Crippen LogP contribution is -2.41. The van der Waals surface area contributed by atoms with Crippen molar-refractivity contribution >= 4 is 28.8 Å². The molecule has 0 bridgehead atoms. The first-order chi connectivity index (χ1) is 13.2. The number of amides is 2. The zero-order valence-corrected chi connectivity index (χ0v) is 15.7. The van der Waals surface area contributed by atoms with Crippen molar-refractivity contribution in [1.82, 2.24) is 24.8 Å². The van der Waals surface area contributed by atoms with Crippen LogP contribution >= 0.6 is 11.3 Å². The Morgan fingerprint density at radius 1 is 1.22 bits per heavy atom. The Morgan fingerprint density at radius 2 is 2.15 bits per heavy atom. The quantitative estimate of drug-likeness (QED) is 0.733. The molecule has 1 N–H and O–H groups in total. The number of nitrogens with zero attached hydrogens (tertiary/aromatic N) is 4. The Morgan fingerprint density at radius 3 is 3.00 bits per heavy atom. The Balaban J connectivity index is 1.34. The minimum atomic E-state index is -0.121. The number of carbonyl (C=O) groups is 2. The lowest BCUT2D eigenvalue weighted by atomic mass is 9.97. The van der Waals surface area contributed by atoms with Gasteiger partial charge in [-0.1, -0.05) is 12.1 Å². The third kappa shape index (κ3) is 3.85. The van der Waals surface area contributed by atoms with E-state index in [1.54, 1.807) is 6.07 Å². The van der Waals surface area contributed by atoms with Crippen molar-refractivity contribution in [3.8, 4) is 0 Å². The number of likely N-dealkylation sites (tertiary alicyclic amines) is 1. The molecule has 0 aromatic carbocycles. The maximum absolute atomic E-state index is 12.6. The van der Waals surface area contributed by atoms with Gasteiger partial charge in [0.1, 0.15) is 5.82 Å². The molecule has 3 aromatic rings. The van der Waals surface area contributed by atoms with Gasteiger partial charge in [-0.05, 0) is 36.4 Å². The molecule has 1 aliphatic rings. The molecule has 4 rings (SSSR count). The number of carbonyl (C=O) groups excluding carboxylic acids is 2. The molecule has 27 heavy (non-hydrogen) atoms. The van der Waals surface area contributed by atoms with Crippen molar-refractivity contribution in [1.29, 1.82) is 0 Å². The van der Waals surface area contributed by atoms with Crippen molar-refractivity contribution in [2.24, 2.45) is 0 Å². The maximum atomic E-state index is 12.6. The van der Waals surface area contributed by atoms with Crippen LogP contribution in [-0.4, -0.2) is 50.9 Å². The average Bonchev–Trinajstić information content (AvgIpc) is 3.38. The van der Waals surface area contributed by atoms with Crippen LogP contribution in [0.15, 0.2) is 41.9 Å². The molecule has 0 saturated carbocycles. The number of thiophene rings is 1. The predicted molar refractivity (Wildman–Crippen MR) is 103 cm³/mol. The summed E-state index contributed by atoms with van der Waals surface area (Å²) in [5.74, 6) is 1.04. The predicted octanol–water partition coefficient (Wildman–Crippen LogP) is 2.32. The van der Waals surface area contributed by atoms with Crippen LogP contribution < -0.4 is 5.32 Å². The number of rotatable bonds is 5. The SMILES string of the molecule is O=C(NCCC(=O)N1CCCC(c2nnc3ccccn23)C1)c1cccs1. The van der Waals surface area contributed by atoms with E-state index < -0.39 is 0 Å². The zero-order valence-electron chi connectivity index (χ0n) is 14.9. The number of piperidine rings is 1. The summed E-state index contributed by atoms with van der Waals surface area (Å²) < 4.78 is 2.00. The van der Waals surface area contributed by atoms with Gasteiger partial charge < -0.3 is 10.2 Å². The van der Waals surface area contributed by atoms with E-state index in [0.29, 0.717) is 24.4 Å². The van der Waals surface area contributed by atoms with Gasteiger partial charge in [0, 0.05) is 38.2 Å². The van der Waals surface area contributed by atoms with E-state index in [2.05, 4.69) is 15.5 Å². The summed E-state index contributed by atoms with van der Waals surface area (Å²) in [6.07, 6.45) is 4.21. The number of pyridine rings is 1. The third-order valence-electron chi connectivity index (χ3n) is 4.85. The fraction of sp³-hybridized carbons (Fsp3) is 0.368. The van der Waals surface area contributed by atoms with E-state index in [4.69, 9.17) is 0 Å². The molecule has 3 aromatic heterocycles. The summed E-state index contributed by atoms with van der Waals surface area (Å²) in [6, 6.07) is 9.45. The molecular formula is C19H21N5O2S. The number of nitrogens with one attached hydrogen (secondary N) is 1. The Hall–Kier alpha value is -2.74. The van der Waals surface area contributed by atoms with E-state index in [1.165, 1.54) is 11.3 Å². The zero-order chi connectivity index (χ0) is 18.6. The van der Waals surface area contributed by atoms with Gasteiger partial charge in [-0.25, -0.2) is 0 Å². The van der Waals surface area contributed by atoms with Crippen molar-refractivity contribution in [2.45, 2.75) is 25.2 Å². The molecule has 0 spiro atoms. The fourth-order valence-electron chi connectivity index (χ4n) is 3.49. The highest BCUT2D eigenvalue weighted by Gasteiger charge is 2.27. The Kier molecular flexibility index (Phi) is 5.15. The van der Waals surface area contributed by atoms with Gasteiger partial charge in [-0.15, -0.1) is 21.5 Å². The van der Waals surface area contributed by atoms with E-state index >= 15 is 0 Å². The molecule has 1 unspecified atom stereocenters. The summed E-state index contributed by atoms with van der Waals surface area (Å²) in [5.41, 5.74) is 0.826. The monoisotopic (exact) mass is 383 g/mol. The van der Waals surface area contributed by atoms with Crippen LogP contribution in [0.4, 0.5) is 0 Å². The second kappa shape index (κ2) is 7.87. The lowest BCUT2D eigenvalue weighted by Gasteiger charge is -2.32. The van der Waals surface area contributed by atoms with Gasteiger partial charge in [0.2, 0.25) is 5.91 Å². The largest absolute Gasteiger partial charge is 0.351 e. The van der Waals surface area contributed by atoms with E-state index in [-0.39, 0.29) is 17.7 Å². The van der Waals surface area contributed by atoms with Gasteiger partial charge in [0.15, 0.2) is 5.65 Å². The first-order valence-corrected chi connectivity index (χ1v) is 9.99. The summed E-state index contributed by atoms with van der Waals surface area (Å²) >= 11 is 1.39. The second-order valence-corrected chi connectivity index (χ2v) is 7.60. The lowest BCUT2D eigenvalue weighted by molar-refractivity contribution is -0.132. The number of aromatic nitrogens is 3. The van der Waals surface area contributed by atoms with Crippen molar-refractivity contribution < 1.29 is 9.59 Å². The van der Waals surface area contributed by atoms with Gasteiger partial charge in [-0.3, -0.25) is 14.0 Å². The molecule has 8 heteroatoms. The van der Waals surface area contributed by atoms with Crippen LogP contribution in [-0.2, 0) is 4.79 Å². The normalized spacial score (nSPS) is 17.2. The van der Waals surface area contributed by atoms with Gasteiger partial charge >= 0.3 is 0 Å². The minimum absolute atomic E-state index is 0.0694. The highest BCUT2D eigenvalue weighted by atomic mass is 32.1. The topological polar surface area (TPSA) is 79.6 Å². The summed E-state index contributed by atoms with van der Waals surface area (Å²) in [4.78, 5) is 27.1. The maximum Gasteiger partial charge on any atom is 0.261 e. The highest BCUT2D eigenvalue weighted by Crippen LogP contribution is 2.26. The van der Waals surface area contributed by atoms with E-state index in [1.807, 2.05) is 45.1 Å². The van der Waals surface area contributed by atoms with Crippen LogP contribution in [0, 0.1) is 0 Å². The number of hydrogen-bond donors (Lipinski definition) is 1. The van der Waals surface area contributed by atoms with Gasteiger partial charge in [0.05, 0.1) is 4.88 Å². The molecule has 7 nitrogen and oxygen atoms in total. The molecule has 1 atom stereocenters. The van der Waals surface area contributed by atoms with Crippen molar-refractivity contribution in [2.75, 3.05) is 19.6 Å². The summed E-state index contributed by atoms with van der Waals surface area (Å²) in [5, 5.41) is 13.2. The Labute approximate surface area is 161 Å². The molecule has 0 radical (unpaired) electrons. The Bertz CT molecular complexity index is 937. The fourth-order valence-corrected chi connectivity index (χ4v) is 4.13. The molecule has 4 heterocycles. The summed E-state index contributed by atoms with van der Waals surface area (Å²) in [7, 11) is 0. The average molecular weight is 383 g/mol. The van der Waals surface area contributed by atoms with Crippen LogP contribution in [0.2, 0.25) is 0 Å². The second-order valence-electron chi connectivity index (χ2n) is 6.65. The molecule has 1 saturated heterocycles. The molecular weight excluding hydrogens is 362 g/mol. The molecule has 140 valence electrons. The van der Waals surface area contributed by atoms with Gasteiger partial charge in [0.25, 0.3) is 5.91 Å². The van der Waals surface area contributed by atoms with Crippen molar-refractivity contribution in [3.63, 3.8) is 0 Å². The number of hydrogen-bond acceptors (Lipinski definition) is 5. The summed E-state index contributed by atoms with van der Waals surface area (Å²) in [6.45, 7) is 1.75.